The Morgan fingerprint density at radius 2 is 1.89 bits per heavy atom. The van der Waals surface area contributed by atoms with Crippen LogP contribution < -0.4 is 5.32 Å². The van der Waals surface area contributed by atoms with Crippen molar-refractivity contribution in [1.29, 1.82) is 0 Å². The molecule has 19 heavy (non-hydrogen) atoms. The normalized spacial score (nSPS) is 27.5. The maximum atomic E-state index is 3.64. The van der Waals surface area contributed by atoms with Crippen LogP contribution in [0.4, 0.5) is 0 Å². The molecule has 2 heterocycles. The van der Waals surface area contributed by atoms with Crippen LogP contribution in [0.5, 0.6) is 0 Å². The van der Waals surface area contributed by atoms with Crippen LogP contribution in [0.25, 0.3) is 0 Å². The number of nitrogens with zero attached hydrogens (tertiary/aromatic N) is 2. The summed E-state index contributed by atoms with van der Waals surface area (Å²) >= 11 is 0. The molecule has 0 aromatic rings. The summed E-state index contributed by atoms with van der Waals surface area (Å²) in [5.74, 6) is 0. The average molecular weight is 267 g/mol. The number of rotatable bonds is 7. The molecule has 1 N–H and O–H groups in total. The average Bonchev–Trinajstić information content (AvgIpc) is 3.03. The molecule has 0 radical (unpaired) electrons. The minimum Gasteiger partial charge on any atom is -0.313 e. The van der Waals surface area contributed by atoms with Crippen molar-refractivity contribution in [2.45, 2.75) is 71.0 Å². The first-order chi connectivity index (χ1) is 9.20. The van der Waals surface area contributed by atoms with Gasteiger partial charge in [-0.1, -0.05) is 27.2 Å². The molecule has 2 saturated heterocycles. The molecule has 3 heteroatoms. The standard InChI is InChI=1S/C16H33N3/c1-4-7-15(12-17-14(2)3)19-11-8-16(13-19)18-9-5-6-10-18/h14-17H,4-13H2,1-3H3. The Kier molecular flexibility index (Phi) is 6.11. The van der Waals surface area contributed by atoms with Crippen molar-refractivity contribution in [1.82, 2.24) is 15.1 Å². The van der Waals surface area contributed by atoms with Gasteiger partial charge in [0, 0.05) is 37.8 Å². The lowest BCUT2D eigenvalue weighted by molar-refractivity contribution is 0.187. The van der Waals surface area contributed by atoms with Crippen molar-refractivity contribution in [3.8, 4) is 0 Å². The Balaban J connectivity index is 1.81. The van der Waals surface area contributed by atoms with E-state index >= 15 is 0 Å². The molecule has 0 saturated carbocycles. The van der Waals surface area contributed by atoms with Gasteiger partial charge in [0.25, 0.3) is 0 Å². The summed E-state index contributed by atoms with van der Waals surface area (Å²) in [7, 11) is 0. The van der Waals surface area contributed by atoms with E-state index in [1.54, 1.807) is 0 Å². The Labute approximate surface area is 119 Å². The zero-order valence-corrected chi connectivity index (χ0v) is 13.2. The number of hydrogen-bond acceptors (Lipinski definition) is 3. The molecule has 0 bridgehead atoms. The highest BCUT2D eigenvalue weighted by atomic mass is 15.3. The zero-order chi connectivity index (χ0) is 13.7. The van der Waals surface area contributed by atoms with Gasteiger partial charge >= 0.3 is 0 Å². The van der Waals surface area contributed by atoms with E-state index < -0.39 is 0 Å². The van der Waals surface area contributed by atoms with Gasteiger partial charge in [-0.2, -0.15) is 0 Å². The summed E-state index contributed by atoms with van der Waals surface area (Å²) in [6.07, 6.45) is 6.87. The van der Waals surface area contributed by atoms with Gasteiger partial charge in [-0.25, -0.2) is 0 Å². The lowest BCUT2D eigenvalue weighted by Gasteiger charge is -2.30. The second-order valence-corrected chi connectivity index (χ2v) is 6.69. The molecule has 2 unspecified atom stereocenters. The third kappa shape index (κ3) is 4.44. The van der Waals surface area contributed by atoms with Crippen molar-refractivity contribution in [3.63, 3.8) is 0 Å². The highest BCUT2D eigenvalue weighted by molar-refractivity contribution is 4.89. The van der Waals surface area contributed by atoms with Gasteiger partial charge in [0.1, 0.15) is 0 Å². The van der Waals surface area contributed by atoms with Crippen LogP contribution in [0.15, 0.2) is 0 Å². The first kappa shape index (κ1) is 15.3. The number of hydrogen-bond donors (Lipinski definition) is 1. The molecule has 112 valence electrons. The molecule has 3 nitrogen and oxygen atoms in total. The van der Waals surface area contributed by atoms with E-state index in [1.165, 1.54) is 58.3 Å². The summed E-state index contributed by atoms with van der Waals surface area (Å²) in [5, 5.41) is 3.64. The Bertz CT molecular complexity index is 248. The van der Waals surface area contributed by atoms with Crippen molar-refractivity contribution in [2.24, 2.45) is 0 Å². The van der Waals surface area contributed by atoms with Crippen LogP contribution in [0.2, 0.25) is 0 Å². The molecular formula is C16H33N3. The Morgan fingerprint density at radius 1 is 1.16 bits per heavy atom. The molecular weight excluding hydrogens is 234 g/mol. The SMILES string of the molecule is CCCC(CNC(C)C)N1CCC(N2CCCC2)C1. The second kappa shape index (κ2) is 7.61. The van der Waals surface area contributed by atoms with E-state index in [-0.39, 0.29) is 0 Å². The van der Waals surface area contributed by atoms with Crippen molar-refractivity contribution < 1.29 is 0 Å². The quantitative estimate of drug-likeness (QED) is 0.764. The molecule has 0 aromatic carbocycles. The third-order valence-corrected chi connectivity index (χ3v) is 4.75. The van der Waals surface area contributed by atoms with E-state index in [1.807, 2.05) is 0 Å². The highest BCUT2D eigenvalue weighted by Crippen LogP contribution is 2.23. The predicted molar refractivity (Wildman–Crippen MR) is 82.6 cm³/mol. The third-order valence-electron chi connectivity index (χ3n) is 4.75. The van der Waals surface area contributed by atoms with Crippen LogP contribution in [-0.2, 0) is 0 Å². The largest absolute Gasteiger partial charge is 0.313 e. The molecule has 2 fully saturated rings. The van der Waals surface area contributed by atoms with E-state index in [0.717, 1.165) is 18.6 Å². The van der Waals surface area contributed by atoms with Crippen molar-refractivity contribution >= 4 is 0 Å². The lowest BCUT2D eigenvalue weighted by atomic mass is 10.1. The smallest absolute Gasteiger partial charge is 0.0235 e. The van der Waals surface area contributed by atoms with E-state index in [4.69, 9.17) is 0 Å². The second-order valence-electron chi connectivity index (χ2n) is 6.69. The first-order valence-corrected chi connectivity index (χ1v) is 8.42. The van der Waals surface area contributed by atoms with Gasteiger partial charge in [0.05, 0.1) is 0 Å². The summed E-state index contributed by atoms with van der Waals surface area (Å²) in [5.41, 5.74) is 0. The number of likely N-dealkylation sites (tertiary alicyclic amines) is 2. The minimum atomic E-state index is 0.608. The van der Waals surface area contributed by atoms with Crippen LogP contribution in [0.3, 0.4) is 0 Å². The topological polar surface area (TPSA) is 18.5 Å². The minimum absolute atomic E-state index is 0.608. The Hall–Kier alpha value is -0.120. The fraction of sp³-hybridized carbons (Fsp3) is 1.00. The monoisotopic (exact) mass is 267 g/mol. The van der Waals surface area contributed by atoms with Crippen LogP contribution in [0, 0.1) is 0 Å². The fourth-order valence-corrected chi connectivity index (χ4v) is 3.62. The molecule has 2 rings (SSSR count). The molecule has 2 aliphatic rings. The predicted octanol–water partition coefficient (Wildman–Crippen LogP) is 2.32. The van der Waals surface area contributed by atoms with Crippen LogP contribution >= 0.6 is 0 Å². The summed E-state index contributed by atoms with van der Waals surface area (Å²) in [6.45, 7) is 13.3. The maximum absolute atomic E-state index is 3.64. The van der Waals surface area contributed by atoms with Gasteiger partial charge in [0.15, 0.2) is 0 Å². The van der Waals surface area contributed by atoms with Crippen molar-refractivity contribution in [2.75, 3.05) is 32.7 Å². The van der Waals surface area contributed by atoms with Gasteiger partial charge in [-0.15, -0.1) is 0 Å². The molecule has 2 atom stereocenters. The number of nitrogens with one attached hydrogen (secondary N) is 1. The zero-order valence-electron chi connectivity index (χ0n) is 13.2. The summed E-state index contributed by atoms with van der Waals surface area (Å²) < 4.78 is 0. The Morgan fingerprint density at radius 3 is 2.53 bits per heavy atom. The molecule has 2 aliphatic heterocycles. The lowest BCUT2D eigenvalue weighted by Crippen LogP contribution is -2.44. The molecule has 0 aromatic heterocycles. The molecule has 0 aliphatic carbocycles. The summed E-state index contributed by atoms with van der Waals surface area (Å²) in [4.78, 5) is 5.49. The van der Waals surface area contributed by atoms with Gasteiger partial charge < -0.3 is 5.32 Å². The van der Waals surface area contributed by atoms with Gasteiger partial charge in [0.2, 0.25) is 0 Å². The summed E-state index contributed by atoms with van der Waals surface area (Å²) in [6, 6.07) is 2.21. The first-order valence-electron chi connectivity index (χ1n) is 8.42. The van der Waals surface area contributed by atoms with Gasteiger partial charge in [-0.3, -0.25) is 9.80 Å². The van der Waals surface area contributed by atoms with Crippen LogP contribution in [0.1, 0.15) is 52.9 Å². The van der Waals surface area contributed by atoms with Gasteiger partial charge in [-0.05, 0) is 38.8 Å². The van der Waals surface area contributed by atoms with Crippen LogP contribution in [-0.4, -0.2) is 60.6 Å². The van der Waals surface area contributed by atoms with Crippen molar-refractivity contribution in [3.05, 3.63) is 0 Å². The molecule has 0 spiro atoms. The van der Waals surface area contributed by atoms with E-state index in [9.17, 15) is 0 Å². The maximum Gasteiger partial charge on any atom is 0.0235 e. The fourth-order valence-electron chi connectivity index (χ4n) is 3.62. The van der Waals surface area contributed by atoms with E-state index in [0.29, 0.717) is 6.04 Å². The molecule has 0 amide bonds. The highest BCUT2D eigenvalue weighted by Gasteiger charge is 2.32. The van der Waals surface area contributed by atoms with E-state index in [2.05, 4.69) is 35.9 Å².